The Bertz CT molecular complexity index is 672. The summed E-state index contributed by atoms with van der Waals surface area (Å²) in [5, 5.41) is 2.85. The predicted molar refractivity (Wildman–Crippen MR) is 96.7 cm³/mol. The SMILES string of the molecule is CCOc1ccccc1Oc1ccc(CNC(=O)CCC(C)N)cn1. The van der Waals surface area contributed by atoms with Crippen LogP contribution >= 0.6 is 0 Å². The molecule has 0 fully saturated rings. The third-order valence-corrected chi connectivity index (χ3v) is 3.48. The van der Waals surface area contributed by atoms with Crippen molar-refractivity contribution in [3.63, 3.8) is 0 Å². The quantitative estimate of drug-likeness (QED) is 0.731. The van der Waals surface area contributed by atoms with Gasteiger partial charge in [0.15, 0.2) is 11.5 Å². The first-order chi connectivity index (χ1) is 12.1. The van der Waals surface area contributed by atoms with E-state index in [0.717, 1.165) is 5.56 Å². The molecule has 3 N–H and O–H groups in total. The summed E-state index contributed by atoms with van der Waals surface area (Å²) in [6.07, 6.45) is 2.79. The van der Waals surface area contributed by atoms with E-state index in [9.17, 15) is 4.79 Å². The topological polar surface area (TPSA) is 86.5 Å². The Morgan fingerprint density at radius 2 is 2.00 bits per heavy atom. The van der Waals surface area contributed by atoms with Crippen LogP contribution in [-0.2, 0) is 11.3 Å². The summed E-state index contributed by atoms with van der Waals surface area (Å²) in [4.78, 5) is 16.0. The molecule has 2 rings (SSSR count). The molecule has 25 heavy (non-hydrogen) atoms. The number of nitrogens with one attached hydrogen (secondary N) is 1. The highest BCUT2D eigenvalue weighted by molar-refractivity contribution is 5.75. The lowest BCUT2D eigenvalue weighted by Gasteiger charge is -2.11. The Morgan fingerprint density at radius 3 is 2.64 bits per heavy atom. The highest BCUT2D eigenvalue weighted by atomic mass is 16.5. The Hall–Kier alpha value is -2.60. The molecular formula is C19H25N3O3. The Kier molecular flexibility index (Phi) is 7.22. The molecule has 134 valence electrons. The number of amides is 1. The van der Waals surface area contributed by atoms with Gasteiger partial charge in [-0.2, -0.15) is 0 Å². The molecule has 0 aliphatic rings. The minimum atomic E-state index is -0.0109. The number of aromatic nitrogens is 1. The predicted octanol–water partition coefficient (Wildman–Crippen LogP) is 3.02. The van der Waals surface area contributed by atoms with E-state index in [1.54, 1.807) is 12.3 Å². The van der Waals surface area contributed by atoms with Gasteiger partial charge < -0.3 is 20.5 Å². The summed E-state index contributed by atoms with van der Waals surface area (Å²) in [5.41, 5.74) is 6.55. The number of benzene rings is 1. The van der Waals surface area contributed by atoms with Crippen LogP contribution in [0.2, 0.25) is 0 Å². The molecule has 2 aromatic rings. The van der Waals surface area contributed by atoms with Gasteiger partial charge in [-0.15, -0.1) is 0 Å². The molecule has 0 saturated carbocycles. The number of pyridine rings is 1. The van der Waals surface area contributed by atoms with E-state index >= 15 is 0 Å². The van der Waals surface area contributed by atoms with Crippen molar-refractivity contribution in [2.45, 2.75) is 39.3 Å². The average molecular weight is 343 g/mol. The van der Waals surface area contributed by atoms with Crippen molar-refractivity contribution in [2.24, 2.45) is 5.73 Å². The van der Waals surface area contributed by atoms with Gasteiger partial charge in [0, 0.05) is 31.3 Å². The smallest absolute Gasteiger partial charge is 0.220 e. The molecule has 1 unspecified atom stereocenters. The van der Waals surface area contributed by atoms with Crippen LogP contribution in [0.4, 0.5) is 0 Å². The normalized spacial score (nSPS) is 11.6. The van der Waals surface area contributed by atoms with E-state index in [4.69, 9.17) is 15.2 Å². The number of para-hydroxylation sites is 2. The lowest BCUT2D eigenvalue weighted by molar-refractivity contribution is -0.121. The highest BCUT2D eigenvalue weighted by Crippen LogP contribution is 2.30. The molecule has 0 spiro atoms. The van der Waals surface area contributed by atoms with Crippen molar-refractivity contribution < 1.29 is 14.3 Å². The molecule has 0 aliphatic carbocycles. The number of hydrogen-bond donors (Lipinski definition) is 2. The average Bonchev–Trinajstić information content (AvgIpc) is 2.61. The van der Waals surface area contributed by atoms with Crippen LogP contribution in [0.15, 0.2) is 42.6 Å². The van der Waals surface area contributed by atoms with Crippen molar-refractivity contribution in [2.75, 3.05) is 6.61 Å². The van der Waals surface area contributed by atoms with Crippen molar-refractivity contribution in [1.29, 1.82) is 0 Å². The van der Waals surface area contributed by atoms with Crippen LogP contribution < -0.4 is 20.5 Å². The van der Waals surface area contributed by atoms with Gasteiger partial charge in [0.2, 0.25) is 11.8 Å². The number of rotatable bonds is 9. The Balaban J connectivity index is 1.89. The van der Waals surface area contributed by atoms with Gasteiger partial charge in [0.1, 0.15) is 0 Å². The van der Waals surface area contributed by atoms with Gasteiger partial charge in [0.05, 0.1) is 6.61 Å². The zero-order valence-electron chi connectivity index (χ0n) is 14.7. The van der Waals surface area contributed by atoms with Crippen molar-refractivity contribution >= 4 is 5.91 Å². The Labute approximate surface area is 148 Å². The fourth-order valence-corrected chi connectivity index (χ4v) is 2.15. The molecular weight excluding hydrogens is 318 g/mol. The lowest BCUT2D eigenvalue weighted by Crippen LogP contribution is -2.25. The van der Waals surface area contributed by atoms with E-state index in [1.165, 1.54) is 0 Å². The van der Waals surface area contributed by atoms with E-state index in [2.05, 4.69) is 10.3 Å². The molecule has 1 amide bonds. The molecule has 6 nitrogen and oxygen atoms in total. The van der Waals surface area contributed by atoms with Crippen molar-refractivity contribution in [3.05, 3.63) is 48.2 Å². The molecule has 0 radical (unpaired) electrons. The van der Waals surface area contributed by atoms with Gasteiger partial charge in [-0.25, -0.2) is 4.98 Å². The second-order valence-corrected chi connectivity index (χ2v) is 5.78. The maximum Gasteiger partial charge on any atom is 0.220 e. The van der Waals surface area contributed by atoms with Crippen LogP contribution in [-0.4, -0.2) is 23.5 Å². The number of nitrogens with zero attached hydrogens (tertiary/aromatic N) is 1. The first-order valence-electron chi connectivity index (χ1n) is 8.45. The van der Waals surface area contributed by atoms with Gasteiger partial charge in [0.25, 0.3) is 0 Å². The standard InChI is InChI=1S/C19H25N3O3/c1-3-24-16-6-4-5-7-17(16)25-19-11-9-15(13-22-19)12-21-18(23)10-8-14(2)20/h4-7,9,11,13-14H,3,8,10,12,20H2,1-2H3,(H,21,23). The van der Waals surface area contributed by atoms with Gasteiger partial charge >= 0.3 is 0 Å². The molecule has 0 aliphatic heterocycles. The zero-order chi connectivity index (χ0) is 18.1. The largest absolute Gasteiger partial charge is 0.490 e. The van der Waals surface area contributed by atoms with E-state index in [-0.39, 0.29) is 11.9 Å². The second kappa shape index (κ2) is 9.64. The highest BCUT2D eigenvalue weighted by Gasteiger charge is 2.07. The van der Waals surface area contributed by atoms with Crippen LogP contribution in [0.5, 0.6) is 17.4 Å². The third kappa shape index (κ3) is 6.43. The van der Waals surface area contributed by atoms with Crippen LogP contribution in [0.25, 0.3) is 0 Å². The first kappa shape index (κ1) is 18.7. The monoisotopic (exact) mass is 343 g/mol. The van der Waals surface area contributed by atoms with E-state index in [0.29, 0.717) is 43.4 Å². The fourth-order valence-electron chi connectivity index (χ4n) is 2.15. The third-order valence-electron chi connectivity index (χ3n) is 3.48. The molecule has 0 saturated heterocycles. The molecule has 1 atom stereocenters. The summed E-state index contributed by atoms with van der Waals surface area (Å²) in [7, 11) is 0. The van der Waals surface area contributed by atoms with Crippen LogP contribution in [0.3, 0.4) is 0 Å². The lowest BCUT2D eigenvalue weighted by atomic mass is 10.2. The van der Waals surface area contributed by atoms with Gasteiger partial charge in [-0.3, -0.25) is 4.79 Å². The maximum absolute atomic E-state index is 11.7. The van der Waals surface area contributed by atoms with Crippen molar-refractivity contribution in [1.82, 2.24) is 10.3 Å². The number of carbonyl (C=O) groups excluding carboxylic acids is 1. The maximum atomic E-state index is 11.7. The van der Waals surface area contributed by atoms with E-state index in [1.807, 2.05) is 44.2 Å². The second-order valence-electron chi connectivity index (χ2n) is 5.78. The first-order valence-corrected chi connectivity index (χ1v) is 8.45. The molecule has 1 heterocycles. The summed E-state index contributed by atoms with van der Waals surface area (Å²) in [5.74, 6) is 1.76. The molecule has 1 aromatic carbocycles. The fraction of sp³-hybridized carbons (Fsp3) is 0.368. The summed E-state index contributed by atoms with van der Waals surface area (Å²) < 4.78 is 11.3. The number of hydrogen-bond acceptors (Lipinski definition) is 5. The molecule has 0 bridgehead atoms. The summed E-state index contributed by atoms with van der Waals surface area (Å²) in [6, 6.07) is 11.1. The summed E-state index contributed by atoms with van der Waals surface area (Å²) >= 11 is 0. The minimum absolute atomic E-state index is 0.0109. The minimum Gasteiger partial charge on any atom is -0.490 e. The van der Waals surface area contributed by atoms with Crippen LogP contribution in [0.1, 0.15) is 32.3 Å². The van der Waals surface area contributed by atoms with E-state index < -0.39 is 0 Å². The number of ether oxygens (including phenoxy) is 2. The van der Waals surface area contributed by atoms with Crippen LogP contribution in [0, 0.1) is 0 Å². The molecule has 6 heteroatoms. The number of nitrogens with two attached hydrogens (primary N) is 1. The Morgan fingerprint density at radius 1 is 1.24 bits per heavy atom. The summed E-state index contributed by atoms with van der Waals surface area (Å²) in [6.45, 7) is 4.81. The number of carbonyl (C=O) groups is 1. The van der Waals surface area contributed by atoms with Crippen molar-refractivity contribution in [3.8, 4) is 17.4 Å². The van der Waals surface area contributed by atoms with Gasteiger partial charge in [-0.05, 0) is 38.0 Å². The molecule has 1 aromatic heterocycles. The zero-order valence-corrected chi connectivity index (χ0v) is 14.7. The van der Waals surface area contributed by atoms with Gasteiger partial charge in [-0.1, -0.05) is 18.2 Å².